The highest BCUT2D eigenvalue weighted by Crippen LogP contribution is 2.38. The maximum atomic E-state index is 12.8. The lowest BCUT2D eigenvalue weighted by molar-refractivity contribution is -0.149. The van der Waals surface area contributed by atoms with Gasteiger partial charge >= 0.3 is 5.97 Å². The molecule has 1 fully saturated rings. The fourth-order valence-corrected chi connectivity index (χ4v) is 4.43. The van der Waals surface area contributed by atoms with E-state index >= 15 is 0 Å². The minimum atomic E-state index is -0.650. The Morgan fingerprint density at radius 1 is 1.20 bits per heavy atom. The summed E-state index contributed by atoms with van der Waals surface area (Å²) >= 11 is 4.23. The van der Waals surface area contributed by atoms with Crippen LogP contribution < -0.4 is 9.47 Å². The van der Waals surface area contributed by atoms with Gasteiger partial charge in [-0.3, -0.25) is 19.3 Å². The molecule has 182 valence electrons. The summed E-state index contributed by atoms with van der Waals surface area (Å²) in [7, 11) is 0. The largest absolute Gasteiger partial charge is 0.490 e. The van der Waals surface area contributed by atoms with E-state index in [1.54, 1.807) is 44.2 Å². The van der Waals surface area contributed by atoms with Gasteiger partial charge in [0.25, 0.3) is 11.1 Å². The third-order valence-corrected chi connectivity index (χ3v) is 6.29. The second-order valence-corrected chi connectivity index (χ2v) is 9.47. The van der Waals surface area contributed by atoms with E-state index in [0.717, 1.165) is 22.2 Å². The number of rotatable bonds is 9. The number of amides is 2. The van der Waals surface area contributed by atoms with Crippen molar-refractivity contribution in [2.75, 3.05) is 13.2 Å². The Bertz CT molecular complexity index is 1220. The highest BCUT2D eigenvalue weighted by atomic mass is 79.9. The Morgan fingerprint density at radius 2 is 1.91 bits per heavy atom. The molecule has 0 bridgehead atoms. The molecule has 0 aromatic heterocycles. The SMILES string of the molecule is CCOc1cc(/C=C2/SC(=O)N(CC(=O)OC(C)C)C2=O)c(Br)cc1OCc1ccccc1C#N. The molecular weight excluding hydrogens is 536 g/mol. The first kappa shape index (κ1) is 26.3. The van der Waals surface area contributed by atoms with Crippen molar-refractivity contribution in [3.63, 3.8) is 0 Å². The van der Waals surface area contributed by atoms with Crippen LogP contribution in [0.2, 0.25) is 0 Å². The number of thioether (sulfide) groups is 1. The van der Waals surface area contributed by atoms with E-state index in [0.29, 0.717) is 33.7 Å². The van der Waals surface area contributed by atoms with Crippen LogP contribution >= 0.6 is 27.7 Å². The number of nitriles is 1. The maximum absolute atomic E-state index is 12.8. The van der Waals surface area contributed by atoms with E-state index in [2.05, 4.69) is 22.0 Å². The standard InChI is InChI=1S/C25H23BrN2O6S/c1-4-32-20-9-18(10-22-24(30)28(25(31)35-22)13-23(29)34-15(2)3)19(26)11-21(20)33-14-17-8-6-5-7-16(17)12-27/h5-11,15H,4,13-14H2,1-3H3/b22-10+. The van der Waals surface area contributed by atoms with Crippen LogP contribution in [0.4, 0.5) is 4.79 Å². The monoisotopic (exact) mass is 558 g/mol. The highest BCUT2D eigenvalue weighted by Gasteiger charge is 2.37. The van der Waals surface area contributed by atoms with E-state index in [9.17, 15) is 19.6 Å². The summed E-state index contributed by atoms with van der Waals surface area (Å²) in [5.74, 6) is -0.328. The summed E-state index contributed by atoms with van der Waals surface area (Å²) in [6, 6.07) is 12.7. The fraction of sp³-hybridized carbons (Fsp3) is 0.280. The Morgan fingerprint density at radius 3 is 2.60 bits per heavy atom. The molecule has 0 spiro atoms. The molecule has 1 saturated heterocycles. The van der Waals surface area contributed by atoms with E-state index in [-0.39, 0.29) is 17.6 Å². The number of halogens is 1. The number of benzene rings is 2. The predicted molar refractivity (Wildman–Crippen MR) is 135 cm³/mol. The molecule has 10 heteroatoms. The molecule has 3 rings (SSSR count). The number of ether oxygens (including phenoxy) is 3. The van der Waals surface area contributed by atoms with Gasteiger partial charge in [0.05, 0.1) is 29.2 Å². The number of carbonyl (C=O) groups excluding carboxylic acids is 3. The second kappa shape index (κ2) is 11.9. The maximum Gasteiger partial charge on any atom is 0.326 e. The number of esters is 1. The Balaban J connectivity index is 1.83. The number of carbonyl (C=O) groups is 3. The van der Waals surface area contributed by atoms with Gasteiger partial charge in [0, 0.05) is 10.0 Å². The molecule has 0 aliphatic carbocycles. The average Bonchev–Trinajstić information content (AvgIpc) is 3.07. The van der Waals surface area contributed by atoms with Gasteiger partial charge in [-0.2, -0.15) is 5.26 Å². The van der Waals surface area contributed by atoms with Crippen molar-refractivity contribution in [3.8, 4) is 17.6 Å². The van der Waals surface area contributed by atoms with Gasteiger partial charge in [-0.15, -0.1) is 0 Å². The van der Waals surface area contributed by atoms with Crippen LogP contribution in [0.1, 0.15) is 37.5 Å². The first-order valence-electron chi connectivity index (χ1n) is 10.8. The van der Waals surface area contributed by atoms with Gasteiger partial charge in [-0.05, 0) is 62.4 Å². The van der Waals surface area contributed by atoms with Gasteiger partial charge in [0.1, 0.15) is 13.2 Å². The molecule has 0 radical (unpaired) electrons. The van der Waals surface area contributed by atoms with Gasteiger partial charge in [-0.1, -0.05) is 34.1 Å². The summed E-state index contributed by atoms with van der Waals surface area (Å²) in [5.41, 5.74) is 1.85. The zero-order valence-electron chi connectivity index (χ0n) is 19.4. The van der Waals surface area contributed by atoms with Crippen molar-refractivity contribution >= 4 is 50.9 Å². The van der Waals surface area contributed by atoms with Crippen LogP contribution in [0.25, 0.3) is 6.08 Å². The molecular formula is C25H23BrN2O6S. The lowest BCUT2D eigenvalue weighted by Crippen LogP contribution is -2.35. The fourth-order valence-electron chi connectivity index (χ4n) is 3.16. The normalized spacial score (nSPS) is 14.4. The van der Waals surface area contributed by atoms with Crippen LogP contribution in [0.15, 0.2) is 45.8 Å². The van der Waals surface area contributed by atoms with Crippen molar-refractivity contribution in [2.24, 2.45) is 0 Å². The quantitative estimate of drug-likeness (QED) is 0.302. The second-order valence-electron chi connectivity index (χ2n) is 7.62. The molecule has 0 N–H and O–H groups in total. The number of imide groups is 1. The predicted octanol–water partition coefficient (Wildman–Crippen LogP) is 5.29. The molecule has 2 amide bonds. The Hall–Kier alpha value is -3.29. The van der Waals surface area contributed by atoms with Crippen LogP contribution in [0.3, 0.4) is 0 Å². The number of hydrogen-bond donors (Lipinski definition) is 0. The molecule has 0 unspecified atom stereocenters. The van der Waals surface area contributed by atoms with Crippen molar-refractivity contribution in [3.05, 3.63) is 62.5 Å². The molecule has 8 nitrogen and oxygen atoms in total. The minimum absolute atomic E-state index is 0.168. The zero-order valence-corrected chi connectivity index (χ0v) is 21.8. The average molecular weight is 559 g/mol. The van der Waals surface area contributed by atoms with Crippen molar-refractivity contribution in [1.82, 2.24) is 4.90 Å². The third kappa shape index (κ3) is 6.65. The lowest BCUT2D eigenvalue weighted by Gasteiger charge is -2.15. The zero-order chi connectivity index (χ0) is 25.5. The van der Waals surface area contributed by atoms with Gasteiger partial charge in [-0.25, -0.2) is 0 Å². The number of nitrogens with zero attached hydrogens (tertiary/aromatic N) is 2. The van der Waals surface area contributed by atoms with Crippen LogP contribution in [0, 0.1) is 11.3 Å². The summed E-state index contributed by atoms with van der Waals surface area (Å²) in [4.78, 5) is 38.1. The summed E-state index contributed by atoms with van der Waals surface area (Å²) in [6.45, 7) is 5.31. The Labute approximate surface area is 216 Å². The number of hydrogen-bond acceptors (Lipinski definition) is 8. The molecule has 1 aliphatic heterocycles. The molecule has 0 atom stereocenters. The highest BCUT2D eigenvalue weighted by molar-refractivity contribution is 9.10. The van der Waals surface area contributed by atoms with Crippen molar-refractivity contribution < 1.29 is 28.6 Å². The van der Waals surface area contributed by atoms with Crippen LogP contribution in [-0.2, 0) is 20.9 Å². The van der Waals surface area contributed by atoms with Crippen LogP contribution in [0.5, 0.6) is 11.5 Å². The minimum Gasteiger partial charge on any atom is -0.490 e. The molecule has 2 aromatic rings. The molecule has 0 saturated carbocycles. The van der Waals surface area contributed by atoms with E-state index in [1.165, 1.54) is 0 Å². The molecule has 1 heterocycles. The topological polar surface area (TPSA) is 106 Å². The Kier molecular flexibility index (Phi) is 8.95. The lowest BCUT2D eigenvalue weighted by atomic mass is 10.1. The molecule has 35 heavy (non-hydrogen) atoms. The van der Waals surface area contributed by atoms with E-state index < -0.39 is 23.7 Å². The van der Waals surface area contributed by atoms with E-state index in [4.69, 9.17) is 14.2 Å². The first-order valence-corrected chi connectivity index (χ1v) is 12.4. The van der Waals surface area contributed by atoms with Crippen LogP contribution in [-0.4, -0.2) is 41.3 Å². The summed E-state index contributed by atoms with van der Waals surface area (Å²) < 4.78 is 17.3. The van der Waals surface area contributed by atoms with Gasteiger partial charge < -0.3 is 14.2 Å². The van der Waals surface area contributed by atoms with E-state index in [1.807, 2.05) is 19.1 Å². The van der Waals surface area contributed by atoms with Gasteiger partial charge in [0.2, 0.25) is 0 Å². The van der Waals surface area contributed by atoms with Gasteiger partial charge in [0.15, 0.2) is 11.5 Å². The molecule has 1 aliphatic rings. The summed E-state index contributed by atoms with van der Waals surface area (Å²) in [6.07, 6.45) is 1.21. The first-order chi connectivity index (χ1) is 16.7. The van der Waals surface area contributed by atoms with Crippen molar-refractivity contribution in [1.29, 1.82) is 5.26 Å². The van der Waals surface area contributed by atoms with Crippen molar-refractivity contribution in [2.45, 2.75) is 33.5 Å². The molecule has 2 aromatic carbocycles. The summed E-state index contributed by atoms with van der Waals surface area (Å²) in [5, 5.41) is 8.75. The third-order valence-electron chi connectivity index (χ3n) is 4.70. The smallest absolute Gasteiger partial charge is 0.326 e.